The van der Waals surface area contributed by atoms with Gasteiger partial charge in [0.1, 0.15) is 11.6 Å². The van der Waals surface area contributed by atoms with Gasteiger partial charge in [-0.1, -0.05) is 13.3 Å². The fraction of sp³-hybridized carbons (Fsp3) is 0.667. The minimum Gasteiger partial charge on any atom is -0.372 e. The normalized spacial score (nSPS) is 20.3. The number of aromatic nitrogens is 2. The van der Waals surface area contributed by atoms with Crippen molar-refractivity contribution in [1.29, 1.82) is 0 Å². The van der Waals surface area contributed by atoms with Gasteiger partial charge in [-0.05, 0) is 40.9 Å². The molecule has 5 heteroatoms. The van der Waals surface area contributed by atoms with E-state index in [0.717, 1.165) is 28.2 Å². The van der Waals surface area contributed by atoms with Crippen LogP contribution in [-0.2, 0) is 6.42 Å². The maximum atomic E-state index is 4.70. The van der Waals surface area contributed by atoms with Crippen molar-refractivity contribution in [2.75, 3.05) is 18.1 Å². The summed E-state index contributed by atoms with van der Waals surface area (Å²) in [5.41, 5.74) is 1.10. The Balaban J connectivity index is 2.33. The van der Waals surface area contributed by atoms with Gasteiger partial charge in [-0.25, -0.2) is 9.97 Å². The molecule has 94 valence electrons. The van der Waals surface area contributed by atoms with Gasteiger partial charge in [0.05, 0.1) is 15.4 Å². The Labute approximate surface area is 115 Å². The van der Waals surface area contributed by atoms with Crippen LogP contribution >= 0.6 is 27.7 Å². The molecule has 1 aromatic heterocycles. The van der Waals surface area contributed by atoms with Gasteiger partial charge in [-0.15, -0.1) is 0 Å². The van der Waals surface area contributed by atoms with E-state index in [1.165, 1.54) is 25.0 Å². The molecule has 1 aliphatic heterocycles. The molecule has 1 saturated heterocycles. The first-order chi connectivity index (χ1) is 8.26. The van der Waals surface area contributed by atoms with Crippen LogP contribution in [0.4, 0.5) is 5.82 Å². The monoisotopic (exact) mass is 315 g/mol. The number of rotatable bonds is 3. The number of thioether (sulfide) groups is 1. The number of nitrogens with zero attached hydrogens (tertiary/aromatic N) is 2. The van der Waals surface area contributed by atoms with Crippen molar-refractivity contribution in [2.24, 2.45) is 0 Å². The molecule has 1 aliphatic rings. The summed E-state index contributed by atoms with van der Waals surface area (Å²) in [4.78, 5) is 9.34. The van der Waals surface area contributed by atoms with Crippen LogP contribution in [0.2, 0.25) is 0 Å². The molecule has 0 aliphatic carbocycles. The Morgan fingerprint density at radius 1 is 1.41 bits per heavy atom. The van der Waals surface area contributed by atoms with Crippen molar-refractivity contribution < 1.29 is 0 Å². The van der Waals surface area contributed by atoms with Gasteiger partial charge < -0.3 is 5.32 Å². The zero-order valence-electron chi connectivity index (χ0n) is 10.3. The lowest BCUT2D eigenvalue weighted by molar-refractivity contribution is 0.658. The smallest absolute Gasteiger partial charge is 0.144 e. The van der Waals surface area contributed by atoms with Crippen molar-refractivity contribution in [2.45, 2.75) is 37.9 Å². The molecule has 1 aromatic rings. The highest BCUT2D eigenvalue weighted by molar-refractivity contribution is 9.10. The molecule has 0 bridgehead atoms. The highest BCUT2D eigenvalue weighted by Gasteiger charge is 2.21. The topological polar surface area (TPSA) is 37.8 Å². The largest absolute Gasteiger partial charge is 0.372 e. The quantitative estimate of drug-likeness (QED) is 0.920. The summed E-state index contributed by atoms with van der Waals surface area (Å²) in [5.74, 6) is 3.15. The molecule has 0 radical (unpaired) electrons. The molecular weight excluding hydrogens is 298 g/mol. The maximum absolute atomic E-state index is 4.70. The Morgan fingerprint density at radius 2 is 2.24 bits per heavy atom. The first-order valence-electron chi connectivity index (χ1n) is 6.12. The van der Waals surface area contributed by atoms with Crippen molar-refractivity contribution in [3.63, 3.8) is 0 Å². The predicted molar refractivity (Wildman–Crippen MR) is 77.7 cm³/mol. The lowest BCUT2D eigenvalue weighted by Crippen LogP contribution is -2.10. The first kappa shape index (κ1) is 13.1. The zero-order chi connectivity index (χ0) is 12.3. The summed E-state index contributed by atoms with van der Waals surface area (Å²) >= 11 is 5.56. The molecule has 0 aromatic carbocycles. The standard InChI is InChI=1S/C12H18BrN3S/c1-3-8-10(13)12(14-2)16-11(15-8)9-6-4-5-7-17-9/h9H,3-7H2,1-2H3,(H,14,15,16). The van der Waals surface area contributed by atoms with Crippen LogP contribution in [-0.4, -0.2) is 22.8 Å². The second-order valence-electron chi connectivity index (χ2n) is 4.15. The molecule has 1 fully saturated rings. The average molecular weight is 316 g/mol. The molecule has 0 spiro atoms. The molecule has 17 heavy (non-hydrogen) atoms. The lowest BCUT2D eigenvalue weighted by atomic mass is 10.1. The van der Waals surface area contributed by atoms with Gasteiger partial charge in [0.15, 0.2) is 0 Å². The average Bonchev–Trinajstić information content (AvgIpc) is 2.40. The van der Waals surface area contributed by atoms with E-state index in [1.54, 1.807) is 0 Å². The van der Waals surface area contributed by atoms with E-state index < -0.39 is 0 Å². The van der Waals surface area contributed by atoms with Gasteiger partial charge in [0.25, 0.3) is 0 Å². The Hall–Kier alpha value is -0.290. The highest BCUT2D eigenvalue weighted by Crippen LogP contribution is 2.38. The molecule has 1 N–H and O–H groups in total. The molecule has 3 nitrogen and oxygen atoms in total. The minimum absolute atomic E-state index is 0.481. The zero-order valence-corrected chi connectivity index (χ0v) is 12.7. The van der Waals surface area contributed by atoms with E-state index in [1.807, 2.05) is 18.8 Å². The van der Waals surface area contributed by atoms with Crippen LogP contribution in [0.1, 0.15) is 43.0 Å². The van der Waals surface area contributed by atoms with Gasteiger partial charge >= 0.3 is 0 Å². The summed E-state index contributed by atoms with van der Waals surface area (Å²) in [6, 6.07) is 0. The minimum atomic E-state index is 0.481. The summed E-state index contributed by atoms with van der Waals surface area (Å²) in [5, 5.41) is 3.62. The molecule has 2 heterocycles. The van der Waals surface area contributed by atoms with E-state index >= 15 is 0 Å². The van der Waals surface area contributed by atoms with Crippen LogP contribution in [0, 0.1) is 0 Å². The molecular formula is C12H18BrN3S. The Kier molecular flexibility index (Phi) is 4.68. The number of aryl methyl sites for hydroxylation is 1. The third kappa shape index (κ3) is 2.94. The van der Waals surface area contributed by atoms with Crippen molar-refractivity contribution in [3.8, 4) is 0 Å². The van der Waals surface area contributed by atoms with E-state index in [4.69, 9.17) is 4.98 Å². The first-order valence-corrected chi connectivity index (χ1v) is 7.96. The number of nitrogens with one attached hydrogen (secondary N) is 1. The van der Waals surface area contributed by atoms with E-state index in [-0.39, 0.29) is 0 Å². The third-order valence-corrected chi connectivity index (χ3v) is 5.18. The van der Waals surface area contributed by atoms with Crippen LogP contribution in [0.25, 0.3) is 0 Å². The van der Waals surface area contributed by atoms with Gasteiger partial charge in [-0.3, -0.25) is 0 Å². The lowest BCUT2D eigenvalue weighted by Gasteiger charge is -2.21. The van der Waals surface area contributed by atoms with E-state index in [2.05, 4.69) is 33.2 Å². The van der Waals surface area contributed by atoms with Crippen LogP contribution in [0.15, 0.2) is 4.47 Å². The second kappa shape index (κ2) is 6.05. The second-order valence-corrected chi connectivity index (χ2v) is 6.25. The SMILES string of the molecule is CCc1nc(C2CCCCS2)nc(NC)c1Br. The fourth-order valence-corrected chi connectivity index (χ4v) is 3.90. The Bertz CT molecular complexity index is 366. The van der Waals surface area contributed by atoms with Crippen LogP contribution < -0.4 is 5.32 Å². The van der Waals surface area contributed by atoms with Gasteiger partial charge in [0, 0.05) is 7.05 Å². The van der Waals surface area contributed by atoms with Crippen molar-refractivity contribution in [1.82, 2.24) is 9.97 Å². The number of anilines is 1. The number of hydrogen-bond donors (Lipinski definition) is 1. The number of halogens is 1. The molecule has 1 atom stereocenters. The van der Waals surface area contributed by atoms with Crippen molar-refractivity contribution >= 4 is 33.5 Å². The van der Waals surface area contributed by atoms with E-state index in [9.17, 15) is 0 Å². The predicted octanol–water partition coefficient (Wildman–Crippen LogP) is 3.80. The summed E-state index contributed by atoms with van der Waals surface area (Å²) in [6.07, 6.45) is 4.77. The van der Waals surface area contributed by atoms with Crippen LogP contribution in [0.3, 0.4) is 0 Å². The number of hydrogen-bond acceptors (Lipinski definition) is 4. The molecule has 2 rings (SSSR count). The summed E-state index contributed by atoms with van der Waals surface area (Å²) < 4.78 is 1.01. The van der Waals surface area contributed by atoms with Crippen LogP contribution in [0.5, 0.6) is 0 Å². The molecule has 1 unspecified atom stereocenters. The Morgan fingerprint density at radius 3 is 2.82 bits per heavy atom. The third-order valence-electron chi connectivity index (χ3n) is 2.98. The summed E-state index contributed by atoms with van der Waals surface area (Å²) in [6.45, 7) is 2.13. The maximum Gasteiger partial charge on any atom is 0.144 e. The van der Waals surface area contributed by atoms with Crippen molar-refractivity contribution in [3.05, 3.63) is 16.0 Å². The van der Waals surface area contributed by atoms with E-state index in [0.29, 0.717) is 5.25 Å². The molecule has 0 amide bonds. The highest BCUT2D eigenvalue weighted by atomic mass is 79.9. The summed E-state index contributed by atoms with van der Waals surface area (Å²) in [7, 11) is 1.91. The molecule has 0 saturated carbocycles. The fourth-order valence-electron chi connectivity index (χ4n) is 2.00. The van der Waals surface area contributed by atoms with Gasteiger partial charge in [-0.2, -0.15) is 11.8 Å². The van der Waals surface area contributed by atoms with Gasteiger partial charge in [0.2, 0.25) is 0 Å².